The number of piperidine rings is 1. The lowest BCUT2D eigenvalue weighted by molar-refractivity contribution is -0.118. The van der Waals surface area contributed by atoms with E-state index in [1.165, 1.54) is 6.92 Å². The molecule has 6 nitrogen and oxygen atoms in total. The fourth-order valence-corrected chi connectivity index (χ4v) is 2.49. The minimum absolute atomic E-state index is 0.0844. The lowest BCUT2D eigenvalue weighted by atomic mass is 10.1. The van der Waals surface area contributed by atoms with Gasteiger partial charge in [0.2, 0.25) is 5.91 Å². The zero-order valence-electron chi connectivity index (χ0n) is 11.8. The average molecular weight is 278 g/mol. The molecule has 0 radical (unpaired) electrons. The Labute approximate surface area is 118 Å². The van der Waals surface area contributed by atoms with Crippen molar-refractivity contribution in [3.63, 3.8) is 0 Å². The third kappa shape index (κ3) is 3.84. The molecule has 0 unspecified atom stereocenters. The first-order valence-electron chi connectivity index (χ1n) is 7.08. The van der Waals surface area contributed by atoms with Crippen molar-refractivity contribution < 1.29 is 9.59 Å². The summed E-state index contributed by atoms with van der Waals surface area (Å²) in [5.74, 6) is -0.170. The number of amides is 2. The molecule has 2 amide bonds. The topological polar surface area (TPSA) is 75.2 Å². The van der Waals surface area contributed by atoms with Gasteiger partial charge in [0.1, 0.15) is 5.69 Å². The molecular weight excluding hydrogens is 256 g/mol. The second-order valence-electron chi connectivity index (χ2n) is 5.02. The maximum atomic E-state index is 12.2. The van der Waals surface area contributed by atoms with Gasteiger partial charge in [-0.15, -0.1) is 0 Å². The largest absolute Gasteiger partial charge is 0.355 e. The van der Waals surface area contributed by atoms with Crippen LogP contribution in [0.1, 0.15) is 36.3 Å². The number of nitrogens with one attached hydrogen (secondary N) is 3. The van der Waals surface area contributed by atoms with Crippen LogP contribution in [0.5, 0.6) is 0 Å². The SMILES string of the molecule is CC(=O)NCCNC(=O)c1cccn1C1CCNCC1. The summed E-state index contributed by atoms with van der Waals surface area (Å²) < 4.78 is 2.06. The summed E-state index contributed by atoms with van der Waals surface area (Å²) in [6.45, 7) is 4.34. The second kappa shape index (κ2) is 7.09. The molecule has 20 heavy (non-hydrogen) atoms. The minimum Gasteiger partial charge on any atom is -0.355 e. The van der Waals surface area contributed by atoms with Crippen LogP contribution in [-0.2, 0) is 4.79 Å². The number of nitrogens with zero attached hydrogens (tertiary/aromatic N) is 1. The van der Waals surface area contributed by atoms with E-state index in [4.69, 9.17) is 0 Å². The normalized spacial score (nSPS) is 15.8. The summed E-state index contributed by atoms with van der Waals surface area (Å²) in [6.07, 6.45) is 4.06. The van der Waals surface area contributed by atoms with Crippen LogP contribution in [0, 0.1) is 0 Å². The van der Waals surface area contributed by atoms with Crippen LogP contribution in [0.25, 0.3) is 0 Å². The molecule has 3 N–H and O–H groups in total. The highest BCUT2D eigenvalue weighted by molar-refractivity contribution is 5.92. The highest BCUT2D eigenvalue weighted by Crippen LogP contribution is 2.21. The van der Waals surface area contributed by atoms with Gasteiger partial charge in [0.15, 0.2) is 0 Å². The van der Waals surface area contributed by atoms with Gasteiger partial charge in [-0.25, -0.2) is 0 Å². The van der Waals surface area contributed by atoms with Gasteiger partial charge in [-0.1, -0.05) is 0 Å². The first-order valence-corrected chi connectivity index (χ1v) is 7.08. The van der Waals surface area contributed by atoms with E-state index < -0.39 is 0 Å². The van der Waals surface area contributed by atoms with Crippen LogP contribution in [0.15, 0.2) is 18.3 Å². The van der Waals surface area contributed by atoms with E-state index in [-0.39, 0.29) is 11.8 Å². The van der Waals surface area contributed by atoms with Crippen molar-refractivity contribution in [3.8, 4) is 0 Å². The van der Waals surface area contributed by atoms with Crippen LogP contribution in [-0.4, -0.2) is 42.6 Å². The van der Waals surface area contributed by atoms with E-state index in [9.17, 15) is 9.59 Å². The highest BCUT2D eigenvalue weighted by Gasteiger charge is 2.19. The lowest BCUT2D eigenvalue weighted by Crippen LogP contribution is -2.36. The van der Waals surface area contributed by atoms with Gasteiger partial charge < -0.3 is 20.5 Å². The summed E-state index contributed by atoms with van der Waals surface area (Å²) in [4.78, 5) is 22.9. The zero-order valence-corrected chi connectivity index (χ0v) is 11.8. The third-order valence-corrected chi connectivity index (χ3v) is 3.50. The Hall–Kier alpha value is -1.82. The van der Waals surface area contributed by atoms with Crippen LogP contribution in [0.2, 0.25) is 0 Å². The quantitative estimate of drug-likeness (QED) is 0.677. The number of carbonyl (C=O) groups is 2. The van der Waals surface area contributed by atoms with Gasteiger partial charge in [0, 0.05) is 32.3 Å². The molecule has 0 aromatic carbocycles. The van der Waals surface area contributed by atoms with Gasteiger partial charge in [0.05, 0.1) is 0 Å². The molecule has 1 saturated heterocycles. The second-order valence-corrected chi connectivity index (χ2v) is 5.02. The van der Waals surface area contributed by atoms with E-state index >= 15 is 0 Å². The Morgan fingerprint density at radius 1 is 1.30 bits per heavy atom. The van der Waals surface area contributed by atoms with Gasteiger partial charge >= 0.3 is 0 Å². The van der Waals surface area contributed by atoms with Crippen molar-refractivity contribution in [2.45, 2.75) is 25.8 Å². The maximum absolute atomic E-state index is 12.2. The van der Waals surface area contributed by atoms with Crippen molar-refractivity contribution in [3.05, 3.63) is 24.0 Å². The molecule has 6 heteroatoms. The molecule has 110 valence electrons. The summed E-state index contributed by atoms with van der Waals surface area (Å²) in [7, 11) is 0. The first kappa shape index (κ1) is 14.6. The number of rotatable bonds is 5. The summed E-state index contributed by atoms with van der Waals surface area (Å²) in [5.41, 5.74) is 0.694. The van der Waals surface area contributed by atoms with Gasteiger partial charge in [-0.3, -0.25) is 9.59 Å². The Balaban J connectivity index is 1.89. The Morgan fingerprint density at radius 2 is 2.00 bits per heavy atom. The van der Waals surface area contributed by atoms with Crippen LogP contribution in [0.4, 0.5) is 0 Å². The van der Waals surface area contributed by atoms with Crippen LogP contribution in [0.3, 0.4) is 0 Å². The molecule has 2 heterocycles. The summed E-state index contributed by atoms with van der Waals surface area (Å²) in [5, 5.41) is 8.81. The number of aromatic nitrogens is 1. The Kier molecular flexibility index (Phi) is 5.17. The summed E-state index contributed by atoms with van der Waals surface area (Å²) >= 11 is 0. The average Bonchev–Trinajstić information content (AvgIpc) is 2.93. The molecule has 0 saturated carbocycles. The molecule has 1 aliphatic heterocycles. The van der Waals surface area contributed by atoms with Crippen molar-refractivity contribution in [1.82, 2.24) is 20.5 Å². The zero-order chi connectivity index (χ0) is 14.4. The summed E-state index contributed by atoms with van der Waals surface area (Å²) in [6, 6.07) is 4.14. The molecular formula is C14H22N4O2. The van der Waals surface area contributed by atoms with Crippen molar-refractivity contribution in [2.24, 2.45) is 0 Å². The van der Waals surface area contributed by atoms with E-state index in [1.54, 1.807) is 0 Å². The predicted molar refractivity (Wildman–Crippen MR) is 76.6 cm³/mol. The monoisotopic (exact) mass is 278 g/mol. The fourth-order valence-electron chi connectivity index (χ4n) is 2.49. The molecule has 1 fully saturated rings. The van der Waals surface area contributed by atoms with E-state index in [0.717, 1.165) is 25.9 Å². The standard InChI is InChI=1S/C14H22N4O2/c1-11(19)16-8-9-17-14(20)13-3-2-10-18(13)12-4-6-15-7-5-12/h2-3,10,12,15H,4-9H2,1H3,(H,16,19)(H,17,20). The fraction of sp³-hybridized carbons (Fsp3) is 0.571. The van der Waals surface area contributed by atoms with Crippen molar-refractivity contribution in [2.75, 3.05) is 26.2 Å². The van der Waals surface area contributed by atoms with Crippen molar-refractivity contribution in [1.29, 1.82) is 0 Å². The van der Waals surface area contributed by atoms with Crippen LogP contribution >= 0.6 is 0 Å². The molecule has 1 aliphatic rings. The molecule has 0 atom stereocenters. The Morgan fingerprint density at radius 3 is 2.70 bits per heavy atom. The van der Waals surface area contributed by atoms with Crippen LogP contribution < -0.4 is 16.0 Å². The molecule has 2 rings (SSSR count). The van der Waals surface area contributed by atoms with Gasteiger partial charge in [-0.2, -0.15) is 0 Å². The van der Waals surface area contributed by atoms with Gasteiger partial charge in [-0.05, 0) is 38.1 Å². The lowest BCUT2D eigenvalue weighted by Gasteiger charge is -2.25. The minimum atomic E-state index is -0.0858. The smallest absolute Gasteiger partial charge is 0.267 e. The number of hydrogen-bond donors (Lipinski definition) is 3. The molecule has 1 aromatic rings. The third-order valence-electron chi connectivity index (χ3n) is 3.50. The first-order chi connectivity index (χ1) is 9.68. The maximum Gasteiger partial charge on any atom is 0.267 e. The van der Waals surface area contributed by atoms with E-state index in [2.05, 4.69) is 20.5 Å². The highest BCUT2D eigenvalue weighted by atomic mass is 16.2. The molecule has 0 spiro atoms. The predicted octanol–water partition coefficient (Wildman–Crippen LogP) is 0.278. The van der Waals surface area contributed by atoms with E-state index in [0.29, 0.717) is 24.8 Å². The number of carbonyl (C=O) groups excluding carboxylic acids is 2. The molecule has 0 bridgehead atoms. The van der Waals surface area contributed by atoms with Crippen molar-refractivity contribution >= 4 is 11.8 Å². The molecule has 0 aliphatic carbocycles. The Bertz CT molecular complexity index is 463. The van der Waals surface area contributed by atoms with Gasteiger partial charge in [0.25, 0.3) is 5.91 Å². The molecule has 1 aromatic heterocycles. The van der Waals surface area contributed by atoms with E-state index in [1.807, 2.05) is 18.3 Å². The number of hydrogen-bond acceptors (Lipinski definition) is 3.